The summed E-state index contributed by atoms with van der Waals surface area (Å²) in [4.78, 5) is 36.1. The van der Waals surface area contributed by atoms with Crippen molar-refractivity contribution >= 4 is 40.8 Å². The van der Waals surface area contributed by atoms with Crippen LogP contribution in [0.2, 0.25) is 5.02 Å². The average Bonchev–Trinajstić information content (AvgIpc) is 2.71. The number of methoxy groups -OCH3 is 1. The van der Waals surface area contributed by atoms with Gasteiger partial charge in [0.2, 0.25) is 5.91 Å². The lowest BCUT2D eigenvalue weighted by atomic mass is 10.1. The van der Waals surface area contributed by atoms with Gasteiger partial charge in [-0.3, -0.25) is 9.59 Å². The van der Waals surface area contributed by atoms with E-state index in [9.17, 15) is 14.4 Å². The summed E-state index contributed by atoms with van der Waals surface area (Å²) in [6.45, 7) is 6.39. The zero-order valence-corrected chi connectivity index (χ0v) is 18.2. The van der Waals surface area contributed by atoms with E-state index < -0.39 is 5.97 Å². The van der Waals surface area contributed by atoms with Crippen LogP contribution in [0.4, 0.5) is 11.4 Å². The molecular weight excluding hydrogens is 406 g/mol. The third-order valence-electron chi connectivity index (χ3n) is 4.27. The number of hydrogen-bond acceptors (Lipinski definition) is 5. The minimum absolute atomic E-state index is 0.0168. The average molecular weight is 432 g/mol. The molecule has 0 aliphatic rings. The Morgan fingerprint density at radius 3 is 2.47 bits per heavy atom. The number of hydrogen-bond donors (Lipinski definition) is 3. The molecule has 2 aromatic carbocycles. The largest absolute Gasteiger partial charge is 0.465 e. The van der Waals surface area contributed by atoms with Gasteiger partial charge in [-0.2, -0.15) is 0 Å². The lowest BCUT2D eigenvalue weighted by Gasteiger charge is -2.12. The summed E-state index contributed by atoms with van der Waals surface area (Å²) in [7, 11) is 1.30. The Morgan fingerprint density at radius 1 is 1.10 bits per heavy atom. The number of carbonyl (C=O) groups is 3. The van der Waals surface area contributed by atoms with Gasteiger partial charge in [0.15, 0.2) is 0 Å². The number of nitrogens with one attached hydrogen (secondary N) is 3. The van der Waals surface area contributed by atoms with E-state index in [0.717, 1.165) is 5.56 Å². The third-order valence-corrected chi connectivity index (χ3v) is 4.58. The Labute approximate surface area is 181 Å². The van der Waals surface area contributed by atoms with Gasteiger partial charge < -0.3 is 20.7 Å². The molecular formula is C22H26ClN3O4. The van der Waals surface area contributed by atoms with Gasteiger partial charge in [0.1, 0.15) is 0 Å². The van der Waals surface area contributed by atoms with E-state index in [1.807, 2.05) is 20.8 Å². The van der Waals surface area contributed by atoms with Crippen LogP contribution in [0.25, 0.3) is 0 Å². The standard InChI is InChI=1S/C22H26ClN3O4/c1-13(2)11-25-21(28)17-8-7-16(10-18(17)23)24-12-20(27)26-19-9-15(22(29)30-4)6-5-14(19)3/h5-10,13,24H,11-12H2,1-4H3,(H,25,28)(H,26,27). The number of aryl methyl sites for hydroxylation is 1. The van der Waals surface area contributed by atoms with E-state index in [1.165, 1.54) is 7.11 Å². The molecule has 0 aromatic heterocycles. The molecule has 2 rings (SSSR count). The van der Waals surface area contributed by atoms with Crippen LogP contribution in [-0.2, 0) is 9.53 Å². The first kappa shape index (κ1) is 23.2. The van der Waals surface area contributed by atoms with E-state index in [-0.39, 0.29) is 18.4 Å². The second-order valence-corrected chi connectivity index (χ2v) is 7.63. The molecule has 0 atom stereocenters. The Kier molecular flexibility index (Phi) is 8.24. The van der Waals surface area contributed by atoms with Crippen LogP contribution in [0.1, 0.15) is 40.1 Å². The van der Waals surface area contributed by atoms with E-state index in [0.29, 0.717) is 40.0 Å². The van der Waals surface area contributed by atoms with Crippen LogP contribution in [0, 0.1) is 12.8 Å². The SMILES string of the molecule is COC(=O)c1ccc(C)c(NC(=O)CNc2ccc(C(=O)NCC(C)C)c(Cl)c2)c1. The second kappa shape index (κ2) is 10.6. The number of benzene rings is 2. The highest BCUT2D eigenvalue weighted by molar-refractivity contribution is 6.34. The van der Waals surface area contributed by atoms with Gasteiger partial charge >= 0.3 is 5.97 Å². The molecule has 8 heteroatoms. The normalized spacial score (nSPS) is 10.5. The maximum atomic E-state index is 12.3. The first-order valence-corrected chi connectivity index (χ1v) is 9.89. The highest BCUT2D eigenvalue weighted by Crippen LogP contribution is 2.21. The Morgan fingerprint density at radius 2 is 1.83 bits per heavy atom. The third kappa shape index (κ3) is 6.49. The van der Waals surface area contributed by atoms with Crippen molar-refractivity contribution in [3.05, 3.63) is 58.1 Å². The molecule has 160 valence electrons. The molecule has 7 nitrogen and oxygen atoms in total. The van der Waals surface area contributed by atoms with E-state index in [4.69, 9.17) is 16.3 Å². The van der Waals surface area contributed by atoms with Gasteiger partial charge in [0, 0.05) is 17.9 Å². The molecule has 0 heterocycles. The number of rotatable bonds is 8. The molecule has 0 unspecified atom stereocenters. The van der Waals surface area contributed by atoms with Crippen LogP contribution < -0.4 is 16.0 Å². The molecule has 3 N–H and O–H groups in total. The molecule has 0 saturated carbocycles. The molecule has 0 aliphatic carbocycles. The molecule has 0 spiro atoms. The summed E-state index contributed by atoms with van der Waals surface area (Å²) in [5.74, 6) is -0.672. The van der Waals surface area contributed by atoms with Crippen LogP contribution in [0.15, 0.2) is 36.4 Å². The summed E-state index contributed by atoms with van der Waals surface area (Å²) in [6, 6.07) is 9.84. The van der Waals surface area contributed by atoms with Crippen molar-refractivity contribution in [2.24, 2.45) is 5.92 Å². The number of anilines is 2. The number of carbonyl (C=O) groups excluding carboxylic acids is 3. The van der Waals surface area contributed by atoms with E-state index in [1.54, 1.807) is 36.4 Å². The zero-order chi connectivity index (χ0) is 22.3. The maximum Gasteiger partial charge on any atom is 0.337 e. The van der Waals surface area contributed by atoms with Crippen molar-refractivity contribution in [1.82, 2.24) is 5.32 Å². The summed E-state index contributed by atoms with van der Waals surface area (Å²) in [6.07, 6.45) is 0. The van der Waals surface area contributed by atoms with Crippen molar-refractivity contribution < 1.29 is 19.1 Å². The molecule has 0 bridgehead atoms. The van der Waals surface area contributed by atoms with Crippen molar-refractivity contribution in [3.63, 3.8) is 0 Å². The summed E-state index contributed by atoms with van der Waals surface area (Å²) in [5.41, 5.74) is 2.68. The first-order chi connectivity index (χ1) is 14.2. The van der Waals surface area contributed by atoms with E-state index in [2.05, 4.69) is 16.0 Å². The predicted molar refractivity (Wildman–Crippen MR) is 118 cm³/mol. The molecule has 2 amide bonds. The molecule has 2 aromatic rings. The Hall–Kier alpha value is -3.06. The van der Waals surface area contributed by atoms with Crippen LogP contribution in [0.3, 0.4) is 0 Å². The van der Waals surface area contributed by atoms with Crippen LogP contribution >= 0.6 is 11.6 Å². The highest BCUT2D eigenvalue weighted by Gasteiger charge is 2.13. The zero-order valence-electron chi connectivity index (χ0n) is 17.5. The van der Waals surface area contributed by atoms with Gasteiger partial charge in [-0.25, -0.2) is 4.79 Å². The number of halogens is 1. The molecule has 0 aliphatic heterocycles. The minimum Gasteiger partial charge on any atom is -0.465 e. The summed E-state index contributed by atoms with van der Waals surface area (Å²) in [5, 5.41) is 8.85. The van der Waals surface area contributed by atoms with Crippen LogP contribution in [0.5, 0.6) is 0 Å². The Balaban J connectivity index is 1.97. The van der Waals surface area contributed by atoms with Crippen molar-refractivity contribution in [1.29, 1.82) is 0 Å². The number of esters is 1. The fraction of sp³-hybridized carbons (Fsp3) is 0.318. The first-order valence-electron chi connectivity index (χ1n) is 9.51. The van der Waals surface area contributed by atoms with Crippen molar-refractivity contribution in [2.75, 3.05) is 30.8 Å². The maximum absolute atomic E-state index is 12.3. The second-order valence-electron chi connectivity index (χ2n) is 7.22. The smallest absolute Gasteiger partial charge is 0.337 e. The van der Waals surface area contributed by atoms with Crippen LogP contribution in [-0.4, -0.2) is 38.0 Å². The van der Waals surface area contributed by atoms with Gasteiger partial charge in [-0.15, -0.1) is 0 Å². The molecule has 0 fully saturated rings. The topological polar surface area (TPSA) is 96.5 Å². The lowest BCUT2D eigenvalue weighted by molar-refractivity contribution is -0.114. The number of ether oxygens (including phenoxy) is 1. The van der Waals surface area contributed by atoms with Gasteiger partial charge in [-0.05, 0) is 48.7 Å². The molecule has 0 radical (unpaired) electrons. The quantitative estimate of drug-likeness (QED) is 0.551. The van der Waals surface area contributed by atoms with E-state index >= 15 is 0 Å². The van der Waals surface area contributed by atoms with Gasteiger partial charge in [-0.1, -0.05) is 31.5 Å². The summed E-state index contributed by atoms with van der Waals surface area (Å²) < 4.78 is 4.70. The van der Waals surface area contributed by atoms with Crippen molar-refractivity contribution in [2.45, 2.75) is 20.8 Å². The molecule has 0 saturated heterocycles. The highest BCUT2D eigenvalue weighted by atomic mass is 35.5. The summed E-state index contributed by atoms with van der Waals surface area (Å²) >= 11 is 6.22. The fourth-order valence-electron chi connectivity index (χ4n) is 2.58. The lowest BCUT2D eigenvalue weighted by Crippen LogP contribution is -2.27. The minimum atomic E-state index is -0.476. The van der Waals surface area contributed by atoms with Gasteiger partial charge in [0.25, 0.3) is 5.91 Å². The van der Waals surface area contributed by atoms with Crippen molar-refractivity contribution in [3.8, 4) is 0 Å². The van der Waals surface area contributed by atoms with Gasteiger partial charge in [0.05, 0.1) is 29.8 Å². The fourth-order valence-corrected chi connectivity index (χ4v) is 2.85. The number of amides is 2. The predicted octanol–water partition coefficient (Wildman–Crippen LogP) is 3.87. The molecule has 30 heavy (non-hydrogen) atoms. The Bertz CT molecular complexity index is 944. The monoisotopic (exact) mass is 431 g/mol.